The molecule has 4 amide bonds. The zero-order chi connectivity index (χ0) is 26.3. The minimum Gasteiger partial charge on any atom is -0.486 e. The molecule has 1 fully saturated rings. The fourth-order valence-electron chi connectivity index (χ4n) is 3.67. The molecule has 2 heterocycles. The van der Waals surface area contributed by atoms with E-state index in [0.717, 1.165) is 4.90 Å². The van der Waals surface area contributed by atoms with Gasteiger partial charge in [-0.2, -0.15) is 0 Å². The zero-order valence-corrected chi connectivity index (χ0v) is 22.4. The number of nitrogens with zero attached hydrogens (tertiary/aromatic N) is 1. The van der Waals surface area contributed by atoms with E-state index < -0.39 is 17.8 Å². The quantitative estimate of drug-likeness (QED) is 0.262. The van der Waals surface area contributed by atoms with Crippen LogP contribution >= 0.6 is 50.7 Å². The molecule has 3 aromatic rings. The van der Waals surface area contributed by atoms with Gasteiger partial charge in [0.05, 0.1) is 15.2 Å². The summed E-state index contributed by atoms with van der Waals surface area (Å²) in [5.74, 6) is -0.437. The molecule has 8 nitrogen and oxygen atoms in total. The molecule has 0 spiro atoms. The van der Waals surface area contributed by atoms with Crippen LogP contribution in [-0.2, 0) is 16.2 Å². The van der Waals surface area contributed by atoms with Crippen molar-refractivity contribution in [2.45, 2.75) is 6.61 Å². The molecule has 1 saturated heterocycles. The third kappa shape index (κ3) is 5.13. The van der Waals surface area contributed by atoms with Crippen LogP contribution in [0.15, 0.2) is 58.6 Å². The summed E-state index contributed by atoms with van der Waals surface area (Å²) in [5.41, 5.74) is 1.08. The van der Waals surface area contributed by atoms with Gasteiger partial charge in [0, 0.05) is 21.7 Å². The minimum absolute atomic E-state index is 0.0324. The van der Waals surface area contributed by atoms with Crippen molar-refractivity contribution in [1.82, 2.24) is 5.32 Å². The number of nitrogens with one attached hydrogen (secondary N) is 1. The summed E-state index contributed by atoms with van der Waals surface area (Å²) in [6, 6.07) is 11.9. The number of carbonyl (C=O) groups is 3. The molecule has 0 saturated carbocycles. The minimum atomic E-state index is -0.880. The molecule has 3 aromatic carbocycles. The zero-order valence-electron chi connectivity index (χ0n) is 18.5. The number of amides is 4. The smallest absolute Gasteiger partial charge is 0.335 e. The summed E-state index contributed by atoms with van der Waals surface area (Å²) in [6.07, 6.45) is 1.33. The molecule has 0 radical (unpaired) electrons. The van der Waals surface area contributed by atoms with Gasteiger partial charge in [0.25, 0.3) is 11.8 Å². The third-order valence-corrected chi connectivity index (χ3v) is 6.89. The van der Waals surface area contributed by atoms with Gasteiger partial charge in [-0.25, -0.2) is 9.69 Å². The molecule has 0 aromatic heterocycles. The number of anilines is 1. The first-order chi connectivity index (χ1) is 17.7. The predicted molar refractivity (Wildman–Crippen MR) is 142 cm³/mol. The highest BCUT2D eigenvalue weighted by Crippen LogP contribution is 2.38. The number of ether oxygens (including phenoxy) is 3. The van der Waals surface area contributed by atoms with Crippen molar-refractivity contribution >= 4 is 80.3 Å². The number of hydrogen-bond donors (Lipinski definition) is 1. The van der Waals surface area contributed by atoms with Crippen molar-refractivity contribution in [2.75, 3.05) is 11.7 Å². The van der Waals surface area contributed by atoms with Crippen LogP contribution < -0.4 is 24.4 Å². The van der Waals surface area contributed by atoms with E-state index in [0.29, 0.717) is 42.9 Å². The molecule has 37 heavy (non-hydrogen) atoms. The normalized spacial score (nSPS) is 15.8. The standard InChI is InChI=1S/C25H14BrCl3N2O6/c26-17-6-12(7-19(29)22(17)35-10-13-1-2-14(27)8-18(13)28)5-16-23(32)30-25(34)31(24(16)33)15-3-4-20-21(9-15)37-11-36-20/h1-9H,10-11H2,(H,30,32,34)/b16-5+. The van der Waals surface area contributed by atoms with Crippen LogP contribution in [0.5, 0.6) is 17.2 Å². The van der Waals surface area contributed by atoms with Crippen molar-refractivity contribution < 1.29 is 28.6 Å². The van der Waals surface area contributed by atoms with Crippen molar-refractivity contribution in [3.8, 4) is 17.2 Å². The highest BCUT2D eigenvalue weighted by Gasteiger charge is 2.37. The molecule has 12 heteroatoms. The number of barbiturate groups is 1. The van der Waals surface area contributed by atoms with E-state index in [9.17, 15) is 14.4 Å². The highest BCUT2D eigenvalue weighted by molar-refractivity contribution is 9.10. The highest BCUT2D eigenvalue weighted by atomic mass is 79.9. The topological polar surface area (TPSA) is 94.2 Å². The van der Waals surface area contributed by atoms with E-state index in [1.807, 2.05) is 0 Å². The van der Waals surface area contributed by atoms with Crippen LogP contribution in [0.2, 0.25) is 15.1 Å². The number of benzene rings is 3. The van der Waals surface area contributed by atoms with Crippen LogP contribution in [0.25, 0.3) is 6.08 Å². The van der Waals surface area contributed by atoms with Crippen LogP contribution in [0.3, 0.4) is 0 Å². The summed E-state index contributed by atoms with van der Waals surface area (Å²) >= 11 is 22.0. The Morgan fingerprint density at radius 2 is 1.76 bits per heavy atom. The Kier molecular flexibility index (Phi) is 7.04. The second kappa shape index (κ2) is 10.3. The lowest BCUT2D eigenvalue weighted by Crippen LogP contribution is -2.54. The van der Waals surface area contributed by atoms with E-state index in [2.05, 4.69) is 21.2 Å². The van der Waals surface area contributed by atoms with E-state index in [1.165, 1.54) is 24.3 Å². The molecule has 0 aliphatic carbocycles. The number of fused-ring (bicyclic) bond motifs is 1. The summed E-state index contributed by atoms with van der Waals surface area (Å²) in [6.45, 7) is 0.160. The van der Waals surface area contributed by atoms with Crippen LogP contribution in [0.1, 0.15) is 11.1 Å². The average Bonchev–Trinajstić information content (AvgIpc) is 3.30. The molecule has 0 unspecified atom stereocenters. The second-order valence-corrected chi connectivity index (χ2v) is 9.94. The van der Waals surface area contributed by atoms with E-state index >= 15 is 0 Å². The second-order valence-electron chi connectivity index (χ2n) is 7.83. The fraction of sp³-hybridized carbons (Fsp3) is 0.0800. The lowest BCUT2D eigenvalue weighted by atomic mass is 10.1. The van der Waals surface area contributed by atoms with Gasteiger partial charge in [-0.15, -0.1) is 0 Å². The lowest BCUT2D eigenvalue weighted by Gasteiger charge is -2.26. The van der Waals surface area contributed by atoms with Gasteiger partial charge >= 0.3 is 6.03 Å². The molecular weight excluding hydrogens is 611 g/mol. The van der Waals surface area contributed by atoms with Gasteiger partial charge < -0.3 is 14.2 Å². The Hall–Kier alpha value is -3.24. The lowest BCUT2D eigenvalue weighted by molar-refractivity contribution is -0.122. The third-order valence-electron chi connectivity index (χ3n) is 5.43. The average molecular weight is 625 g/mol. The predicted octanol–water partition coefficient (Wildman–Crippen LogP) is 6.38. The number of imide groups is 2. The molecule has 0 bridgehead atoms. The molecular formula is C25H14BrCl3N2O6. The number of hydrogen-bond acceptors (Lipinski definition) is 6. The van der Waals surface area contributed by atoms with Gasteiger partial charge in [0.15, 0.2) is 17.2 Å². The van der Waals surface area contributed by atoms with Gasteiger partial charge in [-0.05, 0) is 64.0 Å². The van der Waals surface area contributed by atoms with Crippen molar-refractivity contribution in [1.29, 1.82) is 0 Å². The van der Waals surface area contributed by atoms with Crippen molar-refractivity contribution in [2.24, 2.45) is 0 Å². The Morgan fingerprint density at radius 1 is 0.973 bits per heavy atom. The van der Waals surface area contributed by atoms with Gasteiger partial charge in [-0.1, -0.05) is 40.9 Å². The molecule has 5 rings (SSSR count). The maximum atomic E-state index is 13.2. The van der Waals surface area contributed by atoms with Crippen molar-refractivity contribution in [3.63, 3.8) is 0 Å². The number of rotatable bonds is 5. The maximum absolute atomic E-state index is 13.2. The molecule has 1 N–H and O–H groups in total. The van der Waals surface area contributed by atoms with E-state index in [4.69, 9.17) is 49.0 Å². The number of urea groups is 1. The summed E-state index contributed by atoms with van der Waals surface area (Å²) in [7, 11) is 0. The Morgan fingerprint density at radius 3 is 2.51 bits per heavy atom. The maximum Gasteiger partial charge on any atom is 0.335 e. The van der Waals surface area contributed by atoms with Crippen LogP contribution in [0, 0.1) is 0 Å². The van der Waals surface area contributed by atoms with Gasteiger partial charge in [-0.3, -0.25) is 14.9 Å². The first-order valence-corrected chi connectivity index (χ1v) is 12.5. The first-order valence-electron chi connectivity index (χ1n) is 10.6. The summed E-state index contributed by atoms with van der Waals surface area (Å²) in [5, 5.41) is 3.35. The van der Waals surface area contributed by atoms with Crippen LogP contribution in [-0.4, -0.2) is 24.6 Å². The first kappa shape index (κ1) is 25.4. The molecule has 188 valence electrons. The molecule has 2 aliphatic heterocycles. The monoisotopic (exact) mass is 622 g/mol. The Bertz CT molecular complexity index is 1490. The number of halogens is 4. The fourth-order valence-corrected chi connectivity index (χ4v) is 5.12. The van der Waals surface area contributed by atoms with Gasteiger partial charge in [0.1, 0.15) is 12.2 Å². The largest absolute Gasteiger partial charge is 0.486 e. The Labute approximate surface area is 233 Å². The van der Waals surface area contributed by atoms with Crippen molar-refractivity contribution in [3.05, 3.63) is 84.8 Å². The van der Waals surface area contributed by atoms with Gasteiger partial charge in [0.2, 0.25) is 6.79 Å². The summed E-state index contributed by atoms with van der Waals surface area (Å²) < 4.78 is 16.9. The number of carbonyl (C=O) groups excluding carboxylic acids is 3. The van der Waals surface area contributed by atoms with E-state index in [-0.39, 0.29) is 29.7 Å². The summed E-state index contributed by atoms with van der Waals surface area (Å²) in [4.78, 5) is 39.1. The molecule has 0 atom stereocenters. The van der Waals surface area contributed by atoms with E-state index in [1.54, 1.807) is 30.3 Å². The Balaban J connectivity index is 1.41. The molecule has 2 aliphatic rings. The SMILES string of the molecule is O=C1NC(=O)N(c2ccc3c(c2)OCO3)C(=O)/C1=C/c1cc(Cl)c(OCc2ccc(Cl)cc2Cl)c(Br)c1. The van der Waals surface area contributed by atoms with Crippen LogP contribution in [0.4, 0.5) is 10.5 Å².